The number of halogens is 1. The van der Waals surface area contributed by atoms with E-state index in [2.05, 4.69) is 0 Å². The first-order valence-corrected chi connectivity index (χ1v) is 4.50. The molecule has 0 aromatic rings. The lowest BCUT2D eigenvalue weighted by molar-refractivity contribution is -0.289. The van der Waals surface area contributed by atoms with E-state index in [4.69, 9.17) is 14.6 Å². The molecule has 1 aliphatic rings. The molecular formula is C8H15FO5. The summed E-state index contributed by atoms with van der Waals surface area (Å²) >= 11 is 0. The van der Waals surface area contributed by atoms with Gasteiger partial charge in [0, 0.05) is 6.61 Å². The van der Waals surface area contributed by atoms with E-state index in [9.17, 15) is 14.6 Å². The zero-order valence-corrected chi connectivity index (χ0v) is 7.84. The molecule has 0 aromatic carbocycles. The molecule has 3 N–H and O–H groups in total. The van der Waals surface area contributed by atoms with E-state index in [0.29, 0.717) is 0 Å². The molecule has 0 spiro atoms. The van der Waals surface area contributed by atoms with Gasteiger partial charge in [-0.1, -0.05) is 0 Å². The second kappa shape index (κ2) is 4.99. The Balaban J connectivity index is 2.63. The van der Waals surface area contributed by atoms with Gasteiger partial charge in [-0.15, -0.1) is 0 Å². The zero-order valence-electron chi connectivity index (χ0n) is 7.84. The van der Waals surface area contributed by atoms with E-state index in [-0.39, 0.29) is 6.61 Å². The van der Waals surface area contributed by atoms with Crippen LogP contribution in [0.5, 0.6) is 0 Å². The van der Waals surface area contributed by atoms with E-state index >= 15 is 0 Å². The van der Waals surface area contributed by atoms with Crippen LogP contribution in [0.1, 0.15) is 6.92 Å². The molecule has 5 atom stereocenters. The SMILES string of the molecule is CCOC1O[C@H](CO)[C@@H](O)[C@H]([18F])[C@@H]1O. The highest BCUT2D eigenvalue weighted by Gasteiger charge is 2.45. The second-order valence-corrected chi connectivity index (χ2v) is 3.11. The first kappa shape index (κ1) is 11.8. The highest BCUT2D eigenvalue weighted by Crippen LogP contribution is 2.23. The number of ether oxygens (including phenoxy) is 2. The monoisotopic (exact) mass is 209 g/mol. The van der Waals surface area contributed by atoms with E-state index in [1.807, 2.05) is 0 Å². The maximum absolute atomic E-state index is 13.2. The van der Waals surface area contributed by atoms with E-state index in [1.165, 1.54) is 0 Å². The van der Waals surface area contributed by atoms with Crippen molar-refractivity contribution in [2.24, 2.45) is 0 Å². The predicted molar refractivity (Wildman–Crippen MR) is 44.3 cm³/mol. The molecule has 0 bridgehead atoms. The van der Waals surface area contributed by atoms with Gasteiger partial charge >= 0.3 is 0 Å². The molecule has 1 saturated heterocycles. The van der Waals surface area contributed by atoms with Crippen LogP contribution in [0.2, 0.25) is 0 Å². The summed E-state index contributed by atoms with van der Waals surface area (Å²) in [5, 5.41) is 27.3. The maximum atomic E-state index is 13.2. The summed E-state index contributed by atoms with van der Waals surface area (Å²) in [5.41, 5.74) is 0. The molecule has 1 unspecified atom stereocenters. The van der Waals surface area contributed by atoms with Crippen LogP contribution in [-0.4, -0.2) is 59.3 Å². The number of alkyl halides is 1. The molecular weight excluding hydrogens is 194 g/mol. The molecule has 0 aliphatic carbocycles. The molecule has 1 fully saturated rings. The van der Waals surface area contributed by atoms with Gasteiger partial charge in [-0.3, -0.25) is 0 Å². The quantitative estimate of drug-likeness (QED) is 0.544. The molecule has 14 heavy (non-hydrogen) atoms. The molecule has 0 amide bonds. The van der Waals surface area contributed by atoms with Crippen LogP contribution in [0.4, 0.5) is 4.39 Å². The van der Waals surface area contributed by atoms with Gasteiger partial charge in [0.05, 0.1) is 6.61 Å². The molecule has 84 valence electrons. The fourth-order valence-electron chi connectivity index (χ4n) is 1.34. The van der Waals surface area contributed by atoms with Gasteiger partial charge in [-0.05, 0) is 6.92 Å². The third-order valence-corrected chi connectivity index (χ3v) is 2.13. The predicted octanol–water partition coefficient (Wildman–Crippen LogP) is -1.20. The Morgan fingerprint density at radius 1 is 1.36 bits per heavy atom. The molecule has 0 saturated carbocycles. The maximum Gasteiger partial charge on any atom is 0.186 e. The Morgan fingerprint density at radius 3 is 2.50 bits per heavy atom. The summed E-state index contributed by atoms with van der Waals surface area (Å²) in [6.07, 6.45) is -7.09. The van der Waals surface area contributed by atoms with Crippen molar-refractivity contribution in [2.75, 3.05) is 13.2 Å². The van der Waals surface area contributed by atoms with Crippen LogP contribution in [-0.2, 0) is 9.47 Å². The largest absolute Gasteiger partial charge is 0.394 e. The van der Waals surface area contributed by atoms with Crippen LogP contribution in [0, 0.1) is 0 Å². The van der Waals surface area contributed by atoms with Gasteiger partial charge in [0.25, 0.3) is 0 Å². The third kappa shape index (κ3) is 2.21. The van der Waals surface area contributed by atoms with Crippen LogP contribution < -0.4 is 0 Å². The van der Waals surface area contributed by atoms with E-state index in [1.54, 1.807) is 6.92 Å². The molecule has 5 nitrogen and oxygen atoms in total. The summed E-state index contributed by atoms with van der Waals surface area (Å²) in [7, 11) is 0. The summed E-state index contributed by atoms with van der Waals surface area (Å²) in [4.78, 5) is 0. The van der Waals surface area contributed by atoms with Gasteiger partial charge in [-0.2, -0.15) is 0 Å². The van der Waals surface area contributed by atoms with Crippen LogP contribution in [0.15, 0.2) is 0 Å². The van der Waals surface area contributed by atoms with Crippen molar-refractivity contribution in [3.05, 3.63) is 0 Å². The number of aliphatic hydroxyl groups excluding tert-OH is 3. The summed E-state index contributed by atoms with van der Waals surface area (Å²) in [6.45, 7) is 1.41. The summed E-state index contributed by atoms with van der Waals surface area (Å²) in [6, 6.07) is 0. The van der Waals surface area contributed by atoms with Gasteiger partial charge in [-0.25, -0.2) is 4.39 Å². The lowest BCUT2D eigenvalue weighted by Gasteiger charge is -2.38. The fraction of sp³-hybridized carbons (Fsp3) is 1.00. The highest BCUT2D eigenvalue weighted by molar-refractivity contribution is 4.89. The topological polar surface area (TPSA) is 79.2 Å². The average Bonchev–Trinajstić information content (AvgIpc) is 2.19. The lowest BCUT2D eigenvalue weighted by Crippen LogP contribution is -2.57. The summed E-state index contributed by atoms with van der Waals surface area (Å²) in [5.74, 6) is 0. The van der Waals surface area contributed by atoms with Gasteiger partial charge in [0.1, 0.15) is 18.3 Å². The summed E-state index contributed by atoms with van der Waals surface area (Å²) < 4.78 is 23.1. The Bertz CT molecular complexity index is 175. The van der Waals surface area contributed by atoms with E-state index < -0.39 is 37.4 Å². The smallest absolute Gasteiger partial charge is 0.186 e. The van der Waals surface area contributed by atoms with Gasteiger partial charge < -0.3 is 24.8 Å². The lowest BCUT2D eigenvalue weighted by atomic mass is 10.0. The highest BCUT2D eigenvalue weighted by atomic mass is 18.2. The number of hydrogen-bond acceptors (Lipinski definition) is 5. The van der Waals surface area contributed by atoms with Crippen molar-refractivity contribution in [3.63, 3.8) is 0 Å². The zero-order chi connectivity index (χ0) is 10.7. The Hall–Kier alpha value is -0.270. The second-order valence-electron chi connectivity index (χ2n) is 3.11. The van der Waals surface area contributed by atoms with Crippen molar-refractivity contribution >= 4 is 0 Å². The average molecular weight is 209 g/mol. The standard InChI is InChI=1S/C8H15FO5/c1-2-13-8-7(12)5(9)6(11)4(3-10)14-8/h4-8,10-12H,2-3H2,1H3/t4-,5+,6-,7+,8?/m1/s1/i9-1. The van der Waals surface area contributed by atoms with Crippen molar-refractivity contribution in [3.8, 4) is 0 Å². The number of rotatable bonds is 3. The van der Waals surface area contributed by atoms with Gasteiger partial charge in [0.2, 0.25) is 0 Å². The van der Waals surface area contributed by atoms with Crippen molar-refractivity contribution in [1.82, 2.24) is 0 Å². The molecule has 1 aliphatic heterocycles. The fourth-order valence-corrected chi connectivity index (χ4v) is 1.34. The molecule has 0 aromatic heterocycles. The number of hydrogen-bond donors (Lipinski definition) is 3. The van der Waals surface area contributed by atoms with Crippen molar-refractivity contribution in [1.29, 1.82) is 0 Å². The molecule has 1 rings (SSSR count). The normalized spacial score (nSPS) is 43.9. The Morgan fingerprint density at radius 2 is 2.00 bits per heavy atom. The minimum Gasteiger partial charge on any atom is -0.394 e. The minimum absolute atomic E-state index is 0.253. The first-order chi connectivity index (χ1) is 6.61. The third-order valence-electron chi connectivity index (χ3n) is 2.13. The van der Waals surface area contributed by atoms with Crippen LogP contribution >= 0.6 is 0 Å². The van der Waals surface area contributed by atoms with E-state index in [0.717, 1.165) is 0 Å². The minimum atomic E-state index is -1.86. The molecule has 0 radical (unpaired) electrons. The van der Waals surface area contributed by atoms with Crippen LogP contribution in [0.3, 0.4) is 0 Å². The van der Waals surface area contributed by atoms with Crippen molar-refractivity contribution in [2.45, 2.75) is 37.7 Å². The van der Waals surface area contributed by atoms with Crippen LogP contribution in [0.25, 0.3) is 0 Å². The number of aliphatic hydroxyl groups is 3. The first-order valence-electron chi connectivity index (χ1n) is 4.50. The molecule has 6 heteroatoms. The Kier molecular flexibility index (Phi) is 4.21. The van der Waals surface area contributed by atoms with Gasteiger partial charge in [0.15, 0.2) is 12.5 Å². The Labute approximate surface area is 81.1 Å². The van der Waals surface area contributed by atoms with Crippen molar-refractivity contribution < 1.29 is 29.2 Å². The molecule has 1 heterocycles.